The molecule has 0 aliphatic carbocycles. The van der Waals surface area contributed by atoms with E-state index in [1.54, 1.807) is 20.4 Å². The van der Waals surface area contributed by atoms with Crippen molar-refractivity contribution < 1.29 is 9.26 Å². The van der Waals surface area contributed by atoms with Gasteiger partial charge in [-0.05, 0) is 24.1 Å². The molecule has 2 rings (SSSR count). The Kier molecular flexibility index (Phi) is 8.34. The third-order valence-electron chi connectivity index (χ3n) is 3.02. The van der Waals surface area contributed by atoms with Crippen molar-refractivity contribution in [3.63, 3.8) is 0 Å². The minimum atomic E-state index is 0. The van der Waals surface area contributed by atoms with Gasteiger partial charge in [0.25, 0.3) is 0 Å². The number of rotatable bonds is 6. The topological polar surface area (TPSA) is 71.7 Å². The molecule has 0 unspecified atom stereocenters. The van der Waals surface area contributed by atoms with Gasteiger partial charge in [0.05, 0.1) is 13.7 Å². The Bertz CT molecular complexity index is 555. The molecule has 1 aromatic heterocycles. The lowest BCUT2D eigenvalue weighted by Gasteiger charge is -2.11. The molecule has 0 atom stereocenters. The summed E-state index contributed by atoms with van der Waals surface area (Å²) < 4.78 is 9.92. The SMILES string of the molecule is CN=C(NCCc1ccc(OC)cc1)NCc1ccon1.I. The van der Waals surface area contributed by atoms with Crippen LogP contribution in [0, 0.1) is 0 Å². The van der Waals surface area contributed by atoms with Crippen LogP contribution in [0.2, 0.25) is 0 Å². The Balaban J connectivity index is 0.00000242. The van der Waals surface area contributed by atoms with E-state index >= 15 is 0 Å². The number of halogens is 1. The zero-order chi connectivity index (χ0) is 14.9. The van der Waals surface area contributed by atoms with Crippen molar-refractivity contribution in [1.82, 2.24) is 15.8 Å². The fourth-order valence-electron chi connectivity index (χ4n) is 1.84. The first-order valence-electron chi connectivity index (χ1n) is 6.78. The van der Waals surface area contributed by atoms with Gasteiger partial charge in [-0.3, -0.25) is 4.99 Å². The molecule has 7 heteroatoms. The van der Waals surface area contributed by atoms with Crippen molar-refractivity contribution in [1.29, 1.82) is 0 Å². The van der Waals surface area contributed by atoms with Gasteiger partial charge < -0.3 is 19.9 Å². The molecular weight excluding hydrogens is 395 g/mol. The molecule has 0 spiro atoms. The molecule has 0 saturated heterocycles. The molecule has 0 fully saturated rings. The van der Waals surface area contributed by atoms with Crippen LogP contribution in [0.1, 0.15) is 11.3 Å². The maximum atomic E-state index is 5.14. The molecule has 0 radical (unpaired) electrons. The highest BCUT2D eigenvalue weighted by molar-refractivity contribution is 14.0. The van der Waals surface area contributed by atoms with Gasteiger partial charge in [0.15, 0.2) is 5.96 Å². The molecule has 0 amide bonds. The van der Waals surface area contributed by atoms with Crippen molar-refractivity contribution in [2.24, 2.45) is 4.99 Å². The first kappa shape index (κ1) is 18.3. The third-order valence-corrected chi connectivity index (χ3v) is 3.02. The molecule has 6 nitrogen and oxygen atoms in total. The van der Waals surface area contributed by atoms with Crippen LogP contribution in [0.15, 0.2) is 46.1 Å². The molecule has 0 bridgehead atoms. The van der Waals surface area contributed by atoms with Crippen LogP contribution >= 0.6 is 24.0 Å². The summed E-state index contributed by atoms with van der Waals surface area (Å²) >= 11 is 0. The summed E-state index contributed by atoms with van der Waals surface area (Å²) in [4.78, 5) is 4.16. The van der Waals surface area contributed by atoms with E-state index < -0.39 is 0 Å². The van der Waals surface area contributed by atoms with E-state index in [9.17, 15) is 0 Å². The van der Waals surface area contributed by atoms with Crippen LogP contribution in [0.4, 0.5) is 0 Å². The van der Waals surface area contributed by atoms with E-state index in [4.69, 9.17) is 9.26 Å². The van der Waals surface area contributed by atoms with E-state index in [2.05, 4.69) is 32.9 Å². The predicted octanol–water partition coefficient (Wildman–Crippen LogP) is 2.21. The molecule has 2 aromatic rings. The van der Waals surface area contributed by atoms with Gasteiger partial charge in [0, 0.05) is 19.7 Å². The van der Waals surface area contributed by atoms with Gasteiger partial charge in [0.2, 0.25) is 0 Å². The summed E-state index contributed by atoms with van der Waals surface area (Å²) in [6, 6.07) is 9.87. The zero-order valence-electron chi connectivity index (χ0n) is 12.7. The molecule has 120 valence electrons. The van der Waals surface area contributed by atoms with Crippen LogP contribution in [0.3, 0.4) is 0 Å². The molecule has 0 saturated carbocycles. The Morgan fingerprint density at radius 3 is 2.59 bits per heavy atom. The highest BCUT2D eigenvalue weighted by Gasteiger charge is 2.00. The van der Waals surface area contributed by atoms with Gasteiger partial charge in [-0.2, -0.15) is 0 Å². The summed E-state index contributed by atoms with van der Waals surface area (Å²) in [6.07, 6.45) is 2.46. The van der Waals surface area contributed by atoms with E-state index in [0.717, 1.165) is 30.4 Å². The number of nitrogens with one attached hydrogen (secondary N) is 2. The van der Waals surface area contributed by atoms with E-state index in [1.165, 1.54) is 5.56 Å². The van der Waals surface area contributed by atoms with Crippen molar-refractivity contribution >= 4 is 29.9 Å². The Hall–Kier alpha value is -1.77. The Labute approximate surface area is 147 Å². The van der Waals surface area contributed by atoms with Crippen LogP contribution in [-0.4, -0.2) is 31.8 Å². The van der Waals surface area contributed by atoms with Crippen molar-refractivity contribution in [2.45, 2.75) is 13.0 Å². The summed E-state index contributed by atoms with van der Waals surface area (Å²) in [5, 5.41) is 10.3. The molecular formula is C15H21IN4O2. The van der Waals surface area contributed by atoms with E-state index in [-0.39, 0.29) is 24.0 Å². The maximum absolute atomic E-state index is 5.14. The number of aromatic nitrogens is 1. The predicted molar refractivity (Wildman–Crippen MR) is 96.8 cm³/mol. The largest absolute Gasteiger partial charge is 0.497 e. The van der Waals surface area contributed by atoms with Gasteiger partial charge in [-0.1, -0.05) is 17.3 Å². The summed E-state index contributed by atoms with van der Waals surface area (Å²) in [6.45, 7) is 1.38. The number of hydrogen-bond acceptors (Lipinski definition) is 4. The minimum Gasteiger partial charge on any atom is -0.497 e. The Morgan fingerprint density at radius 2 is 2.00 bits per heavy atom. The number of ether oxygens (including phenoxy) is 1. The van der Waals surface area contributed by atoms with Gasteiger partial charge >= 0.3 is 0 Å². The van der Waals surface area contributed by atoms with E-state index in [0.29, 0.717) is 6.54 Å². The van der Waals surface area contributed by atoms with Crippen molar-refractivity contribution in [3.05, 3.63) is 47.9 Å². The average molecular weight is 416 g/mol. The lowest BCUT2D eigenvalue weighted by molar-refractivity contribution is 0.410. The fraction of sp³-hybridized carbons (Fsp3) is 0.333. The Morgan fingerprint density at radius 1 is 1.23 bits per heavy atom. The third kappa shape index (κ3) is 5.92. The zero-order valence-corrected chi connectivity index (χ0v) is 15.0. The molecule has 0 aliphatic rings. The lowest BCUT2D eigenvalue weighted by Crippen LogP contribution is -2.37. The van der Waals surface area contributed by atoms with Crippen LogP contribution in [0.5, 0.6) is 5.75 Å². The lowest BCUT2D eigenvalue weighted by atomic mass is 10.1. The molecule has 1 aromatic carbocycles. The van der Waals surface area contributed by atoms with Gasteiger partial charge in [-0.15, -0.1) is 24.0 Å². The minimum absolute atomic E-state index is 0. The number of methoxy groups -OCH3 is 1. The number of nitrogens with zero attached hydrogens (tertiary/aromatic N) is 2. The second-order valence-corrected chi connectivity index (χ2v) is 4.44. The second-order valence-electron chi connectivity index (χ2n) is 4.44. The molecule has 0 aliphatic heterocycles. The van der Waals surface area contributed by atoms with Crippen LogP contribution in [-0.2, 0) is 13.0 Å². The average Bonchev–Trinajstić information content (AvgIpc) is 3.04. The number of aliphatic imine (C=N–C) groups is 1. The maximum Gasteiger partial charge on any atom is 0.191 e. The smallest absolute Gasteiger partial charge is 0.191 e. The van der Waals surface area contributed by atoms with Crippen LogP contribution < -0.4 is 15.4 Å². The van der Waals surface area contributed by atoms with E-state index in [1.807, 2.05) is 18.2 Å². The fourth-order valence-corrected chi connectivity index (χ4v) is 1.84. The molecule has 22 heavy (non-hydrogen) atoms. The molecule has 2 N–H and O–H groups in total. The first-order valence-corrected chi connectivity index (χ1v) is 6.78. The molecule has 1 heterocycles. The second kappa shape index (κ2) is 10.0. The van der Waals surface area contributed by atoms with Gasteiger partial charge in [0.1, 0.15) is 17.7 Å². The number of benzene rings is 1. The first-order chi connectivity index (χ1) is 10.3. The standard InChI is InChI=1S/C15H20N4O2.HI/c1-16-15(18-11-13-8-10-21-19-13)17-9-7-12-3-5-14(20-2)6-4-12;/h3-6,8,10H,7,9,11H2,1-2H3,(H2,16,17,18);1H. The highest BCUT2D eigenvalue weighted by atomic mass is 127. The summed E-state index contributed by atoms with van der Waals surface area (Å²) in [5.74, 6) is 1.61. The summed E-state index contributed by atoms with van der Waals surface area (Å²) in [5.41, 5.74) is 2.09. The monoisotopic (exact) mass is 416 g/mol. The number of hydrogen-bond donors (Lipinski definition) is 2. The normalized spacial score (nSPS) is 10.7. The quantitative estimate of drug-likeness (QED) is 0.429. The number of guanidine groups is 1. The van der Waals surface area contributed by atoms with Crippen molar-refractivity contribution in [3.8, 4) is 5.75 Å². The van der Waals surface area contributed by atoms with Crippen molar-refractivity contribution in [2.75, 3.05) is 20.7 Å². The van der Waals surface area contributed by atoms with Crippen LogP contribution in [0.25, 0.3) is 0 Å². The van der Waals surface area contributed by atoms with Gasteiger partial charge in [-0.25, -0.2) is 0 Å². The highest BCUT2D eigenvalue weighted by Crippen LogP contribution is 2.11. The summed E-state index contributed by atoms with van der Waals surface area (Å²) in [7, 11) is 3.41.